The number of carbonyl (C=O) groups is 2. The standard InChI is InChI=1S/C11H13BrN2O3/c1-6-2-3-7(12)9(4-6)14-11(17)8(13)5-10(15)16/h2-4,8H,5,13H2,1H3,(H,14,17)(H,15,16). The zero-order valence-electron chi connectivity index (χ0n) is 9.24. The molecule has 1 rings (SSSR count). The first-order chi connectivity index (χ1) is 7.90. The number of benzene rings is 1. The van der Waals surface area contributed by atoms with Crippen LogP contribution in [0, 0.1) is 6.92 Å². The molecule has 0 saturated heterocycles. The van der Waals surface area contributed by atoms with E-state index in [0.717, 1.165) is 10.0 Å². The van der Waals surface area contributed by atoms with Crippen LogP contribution in [0.3, 0.4) is 0 Å². The lowest BCUT2D eigenvalue weighted by Gasteiger charge is -2.12. The number of carbonyl (C=O) groups excluding carboxylic acids is 1. The van der Waals surface area contributed by atoms with Crippen LogP contribution in [-0.2, 0) is 9.59 Å². The summed E-state index contributed by atoms with van der Waals surface area (Å²) in [7, 11) is 0. The lowest BCUT2D eigenvalue weighted by molar-refractivity contribution is -0.138. The highest BCUT2D eigenvalue weighted by atomic mass is 79.9. The minimum absolute atomic E-state index is 0.394. The average Bonchev–Trinajstić information content (AvgIpc) is 2.22. The third kappa shape index (κ3) is 4.16. The zero-order chi connectivity index (χ0) is 13.0. The number of aryl methyl sites for hydroxylation is 1. The van der Waals surface area contributed by atoms with Gasteiger partial charge in [-0.2, -0.15) is 0 Å². The van der Waals surface area contributed by atoms with Gasteiger partial charge in [0.25, 0.3) is 0 Å². The van der Waals surface area contributed by atoms with Crippen molar-refractivity contribution >= 4 is 33.5 Å². The number of hydrogen-bond acceptors (Lipinski definition) is 3. The molecule has 0 spiro atoms. The van der Waals surface area contributed by atoms with Crippen LogP contribution in [0.5, 0.6) is 0 Å². The number of amides is 1. The fourth-order valence-corrected chi connectivity index (χ4v) is 1.59. The molecule has 0 aliphatic heterocycles. The molecule has 0 aliphatic rings. The molecule has 0 heterocycles. The first-order valence-electron chi connectivity index (χ1n) is 4.94. The molecule has 5 nitrogen and oxygen atoms in total. The van der Waals surface area contributed by atoms with Gasteiger partial charge >= 0.3 is 5.97 Å². The van der Waals surface area contributed by atoms with E-state index in [1.165, 1.54) is 0 Å². The third-order valence-corrected chi connectivity index (χ3v) is 2.80. The lowest BCUT2D eigenvalue weighted by Crippen LogP contribution is -2.37. The van der Waals surface area contributed by atoms with Crippen LogP contribution in [0.1, 0.15) is 12.0 Å². The molecule has 1 aromatic carbocycles. The van der Waals surface area contributed by atoms with Crippen LogP contribution in [0.25, 0.3) is 0 Å². The summed E-state index contributed by atoms with van der Waals surface area (Å²) in [5, 5.41) is 11.1. The minimum atomic E-state index is -1.10. The molecule has 0 saturated carbocycles. The smallest absolute Gasteiger partial charge is 0.305 e. The molecular formula is C11H13BrN2O3. The number of nitrogens with two attached hydrogens (primary N) is 1. The largest absolute Gasteiger partial charge is 0.481 e. The van der Waals surface area contributed by atoms with Crippen molar-refractivity contribution in [2.45, 2.75) is 19.4 Å². The fourth-order valence-electron chi connectivity index (χ4n) is 1.24. The van der Waals surface area contributed by atoms with Gasteiger partial charge in [0.15, 0.2) is 0 Å². The molecule has 0 radical (unpaired) electrons. The van der Waals surface area contributed by atoms with Crippen molar-refractivity contribution in [1.29, 1.82) is 0 Å². The number of carboxylic acid groups (broad SMARTS) is 1. The first-order valence-corrected chi connectivity index (χ1v) is 5.74. The number of nitrogens with one attached hydrogen (secondary N) is 1. The Kier molecular flexibility index (Phi) is 4.65. The van der Waals surface area contributed by atoms with Gasteiger partial charge in [0.05, 0.1) is 18.2 Å². The van der Waals surface area contributed by atoms with E-state index in [-0.39, 0.29) is 0 Å². The summed E-state index contributed by atoms with van der Waals surface area (Å²) in [5.41, 5.74) is 7.01. The second-order valence-corrected chi connectivity index (χ2v) is 4.53. The molecule has 1 aromatic rings. The maximum Gasteiger partial charge on any atom is 0.305 e. The Morgan fingerprint density at radius 1 is 1.53 bits per heavy atom. The van der Waals surface area contributed by atoms with Gasteiger partial charge in [0, 0.05) is 4.47 Å². The Labute approximate surface area is 107 Å². The summed E-state index contributed by atoms with van der Waals surface area (Å²) in [5.74, 6) is -1.62. The molecule has 1 amide bonds. The van der Waals surface area contributed by atoms with Crippen molar-refractivity contribution in [3.63, 3.8) is 0 Å². The Hall–Kier alpha value is -1.40. The van der Waals surface area contributed by atoms with Gasteiger partial charge in [-0.1, -0.05) is 6.07 Å². The Balaban J connectivity index is 2.73. The normalized spacial score (nSPS) is 11.9. The Morgan fingerprint density at radius 3 is 2.76 bits per heavy atom. The van der Waals surface area contributed by atoms with Gasteiger partial charge < -0.3 is 16.2 Å². The van der Waals surface area contributed by atoms with Crippen LogP contribution < -0.4 is 11.1 Å². The van der Waals surface area contributed by atoms with Gasteiger partial charge in [-0.15, -0.1) is 0 Å². The zero-order valence-corrected chi connectivity index (χ0v) is 10.8. The van der Waals surface area contributed by atoms with E-state index < -0.39 is 24.3 Å². The summed E-state index contributed by atoms with van der Waals surface area (Å²) in [4.78, 5) is 22.0. The van der Waals surface area contributed by atoms with Gasteiger partial charge in [-0.05, 0) is 40.5 Å². The summed E-state index contributed by atoms with van der Waals surface area (Å²) >= 11 is 3.29. The number of aliphatic carboxylic acids is 1. The molecular weight excluding hydrogens is 288 g/mol. The highest BCUT2D eigenvalue weighted by molar-refractivity contribution is 9.10. The number of rotatable bonds is 4. The van der Waals surface area contributed by atoms with E-state index in [9.17, 15) is 9.59 Å². The quantitative estimate of drug-likeness (QED) is 0.785. The van der Waals surface area contributed by atoms with E-state index in [1.54, 1.807) is 12.1 Å². The first kappa shape index (κ1) is 13.7. The molecule has 0 aliphatic carbocycles. The summed E-state index contributed by atoms with van der Waals surface area (Å²) in [6.45, 7) is 1.89. The molecule has 6 heteroatoms. The SMILES string of the molecule is Cc1ccc(Br)c(NC(=O)C(N)CC(=O)O)c1. The van der Waals surface area contributed by atoms with E-state index in [1.807, 2.05) is 13.0 Å². The lowest BCUT2D eigenvalue weighted by atomic mass is 10.2. The maximum atomic E-state index is 11.6. The predicted octanol–water partition coefficient (Wildman–Crippen LogP) is 1.50. The van der Waals surface area contributed by atoms with Crippen molar-refractivity contribution in [2.75, 3.05) is 5.32 Å². The topological polar surface area (TPSA) is 92.4 Å². The van der Waals surface area contributed by atoms with E-state index in [4.69, 9.17) is 10.8 Å². The van der Waals surface area contributed by atoms with Crippen LogP contribution in [0.15, 0.2) is 22.7 Å². The van der Waals surface area contributed by atoms with E-state index in [2.05, 4.69) is 21.2 Å². The number of carboxylic acids is 1. The molecule has 1 unspecified atom stereocenters. The minimum Gasteiger partial charge on any atom is -0.481 e. The molecule has 17 heavy (non-hydrogen) atoms. The van der Waals surface area contributed by atoms with E-state index >= 15 is 0 Å². The molecule has 4 N–H and O–H groups in total. The van der Waals surface area contributed by atoms with Crippen molar-refractivity contribution in [2.24, 2.45) is 5.73 Å². The van der Waals surface area contributed by atoms with Crippen molar-refractivity contribution in [3.8, 4) is 0 Å². The third-order valence-electron chi connectivity index (χ3n) is 2.11. The summed E-state index contributed by atoms with van der Waals surface area (Å²) in [6.07, 6.45) is -0.394. The van der Waals surface area contributed by atoms with E-state index in [0.29, 0.717) is 5.69 Å². The average molecular weight is 301 g/mol. The number of anilines is 1. The number of halogens is 1. The summed E-state index contributed by atoms with van der Waals surface area (Å²) in [6, 6.07) is 4.40. The van der Waals surface area contributed by atoms with Crippen molar-refractivity contribution in [1.82, 2.24) is 0 Å². The van der Waals surface area contributed by atoms with Crippen LogP contribution >= 0.6 is 15.9 Å². The van der Waals surface area contributed by atoms with Gasteiger partial charge in [0.2, 0.25) is 5.91 Å². The van der Waals surface area contributed by atoms with Crippen LogP contribution in [0.4, 0.5) is 5.69 Å². The molecule has 0 bridgehead atoms. The molecule has 0 fully saturated rings. The molecule has 1 atom stereocenters. The Morgan fingerprint density at radius 2 is 2.18 bits per heavy atom. The van der Waals surface area contributed by atoms with Gasteiger partial charge in [-0.25, -0.2) is 0 Å². The van der Waals surface area contributed by atoms with Crippen LogP contribution in [0.2, 0.25) is 0 Å². The van der Waals surface area contributed by atoms with Gasteiger partial charge in [-0.3, -0.25) is 9.59 Å². The summed E-state index contributed by atoms with van der Waals surface area (Å²) < 4.78 is 0.721. The monoisotopic (exact) mass is 300 g/mol. The Bertz CT molecular complexity index is 448. The maximum absolute atomic E-state index is 11.6. The van der Waals surface area contributed by atoms with Crippen LogP contribution in [-0.4, -0.2) is 23.0 Å². The van der Waals surface area contributed by atoms with Crippen molar-refractivity contribution in [3.05, 3.63) is 28.2 Å². The fraction of sp³-hybridized carbons (Fsp3) is 0.273. The highest BCUT2D eigenvalue weighted by Gasteiger charge is 2.17. The molecule has 0 aromatic heterocycles. The number of hydrogen-bond donors (Lipinski definition) is 3. The second kappa shape index (κ2) is 5.79. The highest BCUT2D eigenvalue weighted by Crippen LogP contribution is 2.23. The van der Waals surface area contributed by atoms with Gasteiger partial charge in [0.1, 0.15) is 0 Å². The predicted molar refractivity (Wildman–Crippen MR) is 67.7 cm³/mol. The molecule has 92 valence electrons. The second-order valence-electron chi connectivity index (χ2n) is 3.68. The van der Waals surface area contributed by atoms with Crippen molar-refractivity contribution < 1.29 is 14.7 Å².